The summed E-state index contributed by atoms with van der Waals surface area (Å²) >= 11 is 0. The zero-order valence-corrected chi connectivity index (χ0v) is 8.46. The van der Waals surface area contributed by atoms with Gasteiger partial charge in [-0.2, -0.15) is 0 Å². The third-order valence-electron chi connectivity index (χ3n) is 2.23. The molecular formula is C10H19N3. The summed E-state index contributed by atoms with van der Waals surface area (Å²) in [5.74, 6) is 0. The Balaban J connectivity index is 2.33. The molecule has 1 rings (SSSR count). The summed E-state index contributed by atoms with van der Waals surface area (Å²) in [6, 6.07) is 0. The lowest BCUT2D eigenvalue weighted by Gasteiger charge is -2.27. The number of nitrogens with zero attached hydrogens (tertiary/aromatic N) is 1. The van der Waals surface area contributed by atoms with Crippen molar-refractivity contribution >= 4 is 0 Å². The first-order valence-electron chi connectivity index (χ1n) is 4.84. The number of likely N-dealkylation sites (N-methyl/N-ethyl adjacent to an activating group) is 1. The second-order valence-electron chi connectivity index (χ2n) is 3.45. The van der Waals surface area contributed by atoms with Gasteiger partial charge >= 0.3 is 0 Å². The quantitative estimate of drug-likeness (QED) is 0.680. The summed E-state index contributed by atoms with van der Waals surface area (Å²) in [5.41, 5.74) is 6.38. The van der Waals surface area contributed by atoms with Crippen LogP contribution in [0.25, 0.3) is 0 Å². The minimum Gasteiger partial charge on any atom is -0.398 e. The van der Waals surface area contributed by atoms with Crippen LogP contribution < -0.4 is 11.1 Å². The van der Waals surface area contributed by atoms with Gasteiger partial charge in [-0.3, -0.25) is 4.90 Å². The highest BCUT2D eigenvalue weighted by molar-refractivity contribution is 5.20. The number of nitrogens with one attached hydrogen (secondary N) is 1. The van der Waals surface area contributed by atoms with Crippen molar-refractivity contribution in [3.63, 3.8) is 0 Å². The lowest BCUT2D eigenvalue weighted by Crippen LogP contribution is -2.41. The maximum Gasteiger partial charge on any atom is 0.0983 e. The van der Waals surface area contributed by atoms with Crippen molar-refractivity contribution in [2.45, 2.75) is 25.9 Å². The van der Waals surface area contributed by atoms with Crippen molar-refractivity contribution in [1.29, 1.82) is 0 Å². The van der Waals surface area contributed by atoms with E-state index in [9.17, 15) is 0 Å². The minimum absolute atomic E-state index is 0.304. The average molecular weight is 181 g/mol. The largest absolute Gasteiger partial charge is 0.398 e. The van der Waals surface area contributed by atoms with Crippen LogP contribution in [-0.4, -0.2) is 24.7 Å². The highest BCUT2D eigenvalue weighted by Crippen LogP contribution is 2.03. The molecule has 0 aliphatic carbocycles. The van der Waals surface area contributed by atoms with Crippen LogP contribution in [0.4, 0.5) is 0 Å². The Morgan fingerprint density at radius 2 is 2.38 bits per heavy atom. The SMILES string of the molecule is CCCCN(C)C1C=CC(N)=CN1. The number of allylic oxidation sites excluding steroid dienone is 1. The number of hydrogen-bond donors (Lipinski definition) is 2. The molecule has 1 aliphatic heterocycles. The lowest BCUT2D eigenvalue weighted by molar-refractivity contribution is 0.256. The Morgan fingerprint density at radius 3 is 2.92 bits per heavy atom. The van der Waals surface area contributed by atoms with Gasteiger partial charge in [0, 0.05) is 18.4 Å². The molecule has 3 nitrogen and oxygen atoms in total. The molecule has 1 unspecified atom stereocenters. The number of unbranched alkanes of at least 4 members (excludes halogenated alkanes) is 1. The smallest absolute Gasteiger partial charge is 0.0983 e. The van der Waals surface area contributed by atoms with E-state index in [-0.39, 0.29) is 0 Å². The topological polar surface area (TPSA) is 41.3 Å². The number of nitrogens with two attached hydrogens (primary N) is 1. The maximum atomic E-state index is 5.59. The van der Waals surface area contributed by atoms with Gasteiger partial charge in [0.05, 0.1) is 6.17 Å². The minimum atomic E-state index is 0.304. The molecule has 0 aromatic rings. The van der Waals surface area contributed by atoms with E-state index in [1.807, 2.05) is 12.3 Å². The Labute approximate surface area is 80.3 Å². The summed E-state index contributed by atoms with van der Waals surface area (Å²) in [5, 5.41) is 3.23. The molecule has 0 amide bonds. The second kappa shape index (κ2) is 4.92. The van der Waals surface area contributed by atoms with Crippen molar-refractivity contribution < 1.29 is 0 Å². The summed E-state index contributed by atoms with van der Waals surface area (Å²) in [4.78, 5) is 2.28. The van der Waals surface area contributed by atoms with E-state index in [1.165, 1.54) is 12.8 Å². The van der Waals surface area contributed by atoms with Crippen molar-refractivity contribution in [3.05, 3.63) is 24.0 Å². The van der Waals surface area contributed by atoms with Crippen LogP contribution in [0.5, 0.6) is 0 Å². The Kier molecular flexibility index (Phi) is 3.83. The average Bonchev–Trinajstić information content (AvgIpc) is 2.15. The fraction of sp³-hybridized carbons (Fsp3) is 0.600. The van der Waals surface area contributed by atoms with Crippen LogP contribution in [-0.2, 0) is 0 Å². The molecule has 1 atom stereocenters. The summed E-state index contributed by atoms with van der Waals surface area (Å²) < 4.78 is 0. The Morgan fingerprint density at radius 1 is 1.62 bits per heavy atom. The van der Waals surface area contributed by atoms with Crippen LogP contribution in [0.3, 0.4) is 0 Å². The number of hydrogen-bond acceptors (Lipinski definition) is 3. The zero-order chi connectivity index (χ0) is 9.68. The van der Waals surface area contributed by atoms with Crippen LogP contribution in [0.15, 0.2) is 24.0 Å². The van der Waals surface area contributed by atoms with Gasteiger partial charge in [0.1, 0.15) is 0 Å². The van der Waals surface area contributed by atoms with Gasteiger partial charge in [0.15, 0.2) is 0 Å². The molecule has 0 aromatic carbocycles. The van der Waals surface area contributed by atoms with E-state index in [0.29, 0.717) is 6.17 Å². The van der Waals surface area contributed by atoms with E-state index in [1.54, 1.807) is 0 Å². The maximum absolute atomic E-state index is 5.59. The van der Waals surface area contributed by atoms with Crippen molar-refractivity contribution in [2.75, 3.05) is 13.6 Å². The van der Waals surface area contributed by atoms with Crippen molar-refractivity contribution in [3.8, 4) is 0 Å². The molecule has 1 aliphatic rings. The Bertz CT molecular complexity index is 208. The van der Waals surface area contributed by atoms with Crippen LogP contribution >= 0.6 is 0 Å². The van der Waals surface area contributed by atoms with Gasteiger partial charge in [-0.15, -0.1) is 0 Å². The first-order valence-corrected chi connectivity index (χ1v) is 4.84. The fourth-order valence-electron chi connectivity index (χ4n) is 1.31. The third-order valence-corrected chi connectivity index (χ3v) is 2.23. The van der Waals surface area contributed by atoms with Gasteiger partial charge in [0.25, 0.3) is 0 Å². The van der Waals surface area contributed by atoms with E-state index < -0.39 is 0 Å². The van der Waals surface area contributed by atoms with E-state index in [0.717, 1.165) is 12.2 Å². The molecule has 3 N–H and O–H groups in total. The molecule has 74 valence electrons. The molecule has 0 spiro atoms. The molecule has 13 heavy (non-hydrogen) atoms. The summed E-state index contributed by atoms with van der Waals surface area (Å²) in [6.45, 7) is 3.32. The number of dihydropyridines is 1. The van der Waals surface area contributed by atoms with Crippen molar-refractivity contribution in [2.24, 2.45) is 5.73 Å². The fourth-order valence-corrected chi connectivity index (χ4v) is 1.31. The van der Waals surface area contributed by atoms with E-state index in [4.69, 9.17) is 5.73 Å². The molecule has 0 saturated carbocycles. The lowest BCUT2D eigenvalue weighted by atomic mass is 10.2. The van der Waals surface area contributed by atoms with Crippen LogP contribution in [0, 0.1) is 0 Å². The van der Waals surface area contributed by atoms with Gasteiger partial charge in [-0.05, 0) is 25.6 Å². The van der Waals surface area contributed by atoms with Crippen molar-refractivity contribution in [1.82, 2.24) is 10.2 Å². The standard InChI is InChI=1S/C10H19N3/c1-3-4-7-13(2)10-6-5-9(11)8-12-10/h5-6,8,10,12H,3-4,7,11H2,1-2H3. The second-order valence-corrected chi connectivity index (χ2v) is 3.45. The molecule has 0 radical (unpaired) electrons. The molecule has 0 bridgehead atoms. The van der Waals surface area contributed by atoms with Crippen LogP contribution in [0.2, 0.25) is 0 Å². The van der Waals surface area contributed by atoms with Gasteiger partial charge < -0.3 is 11.1 Å². The number of rotatable bonds is 4. The first-order chi connectivity index (χ1) is 6.24. The highest BCUT2D eigenvalue weighted by Gasteiger charge is 2.10. The van der Waals surface area contributed by atoms with Crippen LogP contribution in [0.1, 0.15) is 19.8 Å². The van der Waals surface area contributed by atoms with Gasteiger partial charge in [-0.1, -0.05) is 13.3 Å². The Hall–Kier alpha value is -0.960. The highest BCUT2D eigenvalue weighted by atomic mass is 15.2. The monoisotopic (exact) mass is 181 g/mol. The molecule has 0 saturated heterocycles. The molecular weight excluding hydrogens is 162 g/mol. The normalized spacial score (nSPS) is 21.5. The predicted molar refractivity (Wildman–Crippen MR) is 55.9 cm³/mol. The molecule has 0 fully saturated rings. The first kappa shape index (κ1) is 10.1. The van der Waals surface area contributed by atoms with E-state index in [2.05, 4.69) is 30.3 Å². The summed E-state index contributed by atoms with van der Waals surface area (Å²) in [7, 11) is 2.12. The van der Waals surface area contributed by atoms with Gasteiger partial charge in [-0.25, -0.2) is 0 Å². The predicted octanol–water partition coefficient (Wildman–Crippen LogP) is 1.00. The molecule has 1 heterocycles. The molecule has 3 heteroatoms. The summed E-state index contributed by atoms with van der Waals surface area (Å²) in [6.07, 6.45) is 8.67. The van der Waals surface area contributed by atoms with Gasteiger partial charge in [0.2, 0.25) is 0 Å². The third kappa shape index (κ3) is 3.11. The zero-order valence-electron chi connectivity index (χ0n) is 8.46. The van der Waals surface area contributed by atoms with E-state index >= 15 is 0 Å². The molecule has 0 aromatic heterocycles.